The highest BCUT2D eigenvalue weighted by molar-refractivity contribution is 5.71. The second-order valence-electron chi connectivity index (χ2n) is 5.01. The van der Waals surface area contributed by atoms with Gasteiger partial charge in [-0.1, -0.05) is 23.8 Å². The van der Waals surface area contributed by atoms with Crippen LogP contribution < -0.4 is 4.90 Å². The second-order valence-corrected chi connectivity index (χ2v) is 5.01. The van der Waals surface area contributed by atoms with Crippen LogP contribution in [0, 0.1) is 0 Å². The Morgan fingerprint density at radius 3 is 2.89 bits per heavy atom. The summed E-state index contributed by atoms with van der Waals surface area (Å²) in [5.41, 5.74) is 3.51. The molecular weight excluding hydrogens is 226 g/mol. The van der Waals surface area contributed by atoms with Crippen LogP contribution in [0.4, 0.5) is 5.69 Å². The fourth-order valence-corrected chi connectivity index (χ4v) is 2.51. The summed E-state index contributed by atoms with van der Waals surface area (Å²) in [6.45, 7) is 7.67. The predicted molar refractivity (Wildman–Crippen MR) is 73.1 cm³/mol. The van der Waals surface area contributed by atoms with Crippen LogP contribution in [-0.2, 0) is 4.79 Å². The Morgan fingerprint density at radius 1 is 1.50 bits per heavy atom. The number of carboxylic acids is 1. The number of anilines is 1. The van der Waals surface area contributed by atoms with Crippen molar-refractivity contribution in [1.29, 1.82) is 0 Å². The number of carboxylic acid groups (broad SMARTS) is 1. The van der Waals surface area contributed by atoms with Crippen LogP contribution in [0.25, 0.3) is 0 Å². The summed E-state index contributed by atoms with van der Waals surface area (Å²) in [6, 6.07) is 8.12. The Balaban J connectivity index is 2.16. The molecule has 0 aliphatic carbocycles. The molecule has 18 heavy (non-hydrogen) atoms. The maximum absolute atomic E-state index is 10.9. The third kappa shape index (κ3) is 2.73. The van der Waals surface area contributed by atoms with Crippen LogP contribution >= 0.6 is 0 Å². The summed E-state index contributed by atoms with van der Waals surface area (Å²) in [6.07, 6.45) is 1.16. The maximum Gasteiger partial charge on any atom is 0.304 e. The zero-order chi connectivity index (χ0) is 13.1. The first kappa shape index (κ1) is 12.7. The van der Waals surface area contributed by atoms with Gasteiger partial charge in [-0.25, -0.2) is 0 Å². The minimum atomic E-state index is -0.725. The first-order valence-corrected chi connectivity index (χ1v) is 6.28. The predicted octanol–water partition coefficient (Wildman–Crippen LogP) is 3.03. The van der Waals surface area contributed by atoms with E-state index in [0.29, 0.717) is 0 Å². The summed E-state index contributed by atoms with van der Waals surface area (Å²) < 4.78 is 0. The summed E-state index contributed by atoms with van der Waals surface area (Å²) in [5.74, 6) is -0.611. The largest absolute Gasteiger partial charge is 0.481 e. The van der Waals surface area contributed by atoms with Gasteiger partial charge in [0.25, 0.3) is 0 Å². The third-order valence-corrected chi connectivity index (χ3v) is 3.39. The fraction of sp³-hybridized carbons (Fsp3) is 0.400. The van der Waals surface area contributed by atoms with Crippen LogP contribution in [0.1, 0.15) is 31.2 Å². The van der Waals surface area contributed by atoms with E-state index in [9.17, 15) is 4.79 Å². The van der Waals surface area contributed by atoms with Gasteiger partial charge < -0.3 is 10.0 Å². The number of fused-ring (bicyclic) bond motifs is 1. The van der Waals surface area contributed by atoms with Gasteiger partial charge in [0.05, 0.1) is 6.42 Å². The van der Waals surface area contributed by atoms with Crippen LogP contribution in [0.3, 0.4) is 0 Å². The van der Waals surface area contributed by atoms with Gasteiger partial charge in [-0.15, -0.1) is 6.58 Å². The molecule has 0 bridgehead atoms. The van der Waals surface area contributed by atoms with Gasteiger partial charge in [0.1, 0.15) is 0 Å². The zero-order valence-corrected chi connectivity index (χ0v) is 10.7. The first-order chi connectivity index (χ1) is 8.58. The van der Waals surface area contributed by atoms with Crippen molar-refractivity contribution < 1.29 is 9.90 Å². The highest BCUT2D eigenvalue weighted by Gasteiger charge is 2.29. The average Bonchev–Trinajstić information content (AvgIpc) is 2.65. The zero-order valence-electron chi connectivity index (χ0n) is 10.7. The molecule has 96 valence electrons. The van der Waals surface area contributed by atoms with Crippen molar-refractivity contribution in [3.05, 3.63) is 42.0 Å². The van der Waals surface area contributed by atoms with Gasteiger partial charge in [-0.05, 0) is 25.0 Å². The average molecular weight is 245 g/mol. The molecule has 0 amide bonds. The van der Waals surface area contributed by atoms with Crippen LogP contribution in [0.5, 0.6) is 0 Å². The van der Waals surface area contributed by atoms with Crippen LogP contribution in [0.15, 0.2) is 36.4 Å². The van der Waals surface area contributed by atoms with E-state index in [1.54, 1.807) is 0 Å². The molecule has 0 spiro atoms. The van der Waals surface area contributed by atoms with E-state index in [1.165, 1.54) is 11.3 Å². The molecule has 3 nitrogen and oxygen atoms in total. The smallest absolute Gasteiger partial charge is 0.304 e. The molecule has 0 saturated heterocycles. The quantitative estimate of drug-likeness (QED) is 0.811. The summed E-state index contributed by atoms with van der Waals surface area (Å²) in [5, 5.41) is 8.97. The minimum Gasteiger partial charge on any atom is -0.481 e. The molecule has 1 aromatic rings. The number of benzene rings is 1. The van der Waals surface area contributed by atoms with Crippen molar-refractivity contribution in [2.24, 2.45) is 0 Å². The molecule has 1 unspecified atom stereocenters. The number of hydrogen-bond donors (Lipinski definition) is 1. The van der Waals surface area contributed by atoms with E-state index in [1.807, 2.05) is 25.1 Å². The topological polar surface area (TPSA) is 40.5 Å². The number of aliphatic carboxylic acids is 1. The van der Waals surface area contributed by atoms with E-state index < -0.39 is 5.97 Å². The van der Waals surface area contributed by atoms with E-state index >= 15 is 0 Å². The van der Waals surface area contributed by atoms with E-state index in [2.05, 4.69) is 17.5 Å². The molecule has 1 atom stereocenters. The van der Waals surface area contributed by atoms with Crippen molar-refractivity contribution in [3.63, 3.8) is 0 Å². The van der Waals surface area contributed by atoms with Crippen LogP contribution in [-0.4, -0.2) is 24.2 Å². The summed E-state index contributed by atoms with van der Waals surface area (Å²) >= 11 is 0. The standard InChI is InChI=1S/C15H19NO2/c1-11(2)7-8-16-10-12(9-15(17)18)13-5-3-4-6-14(13)16/h3-6,12H,1,7-10H2,2H3,(H,17,18). The lowest BCUT2D eigenvalue weighted by Crippen LogP contribution is -2.23. The maximum atomic E-state index is 10.9. The molecule has 0 saturated carbocycles. The van der Waals surface area contributed by atoms with Crippen molar-refractivity contribution in [2.75, 3.05) is 18.0 Å². The van der Waals surface area contributed by atoms with E-state index in [-0.39, 0.29) is 12.3 Å². The molecule has 1 aromatic carbocycles. The number of nitrogens with zero attached hydrogens (tertiary/aromatic N) is 1. The van der Waals surface area contributed by atoms with Crippen molar-refractivity contribution >= 4 is 11.7 Å². The fourth-order valence-electron chi connectivity index (χ4n) is 2.51. The number of para-hydroxylation sites is 1. The highest BCUT2D eigenvalue weighted by atomic mass is 16.4. The van der Waals surface area contributed by atoms with Gasteiger partial charge in [0, 0.05) is 24.7 Å². The SMILES string of the molecule is C=C(C)CCN1CC(CC(=O)O)c2ccccc21. The number of rotatable bonds is 5. The summed E-state index contributed by atoms with van der Waals surface area (Å²) in [7, 11) is 0. The molecule has 1 heterocycles. The van der Waals surface area contributed by atoms with Gasteiger partial charge in [0.2, 0.25) is 0 Å². The Bertz CT molecular complexity index is 467. The molecule has 0 radical (unpaired) electrons. The van der Waals surface area contributed by atoms with Gasteiger partial charge in [-0.2, -0.15) is 0 Å². The molecule has 1 N–H and O–H groups in total. The molecule has 0 fully saturated rings. The van der Waals surface area contributed by atoms with Gasteiger partial charge in [0.15, 0.2) is 0 Å². The molecule has 1 aliphatic heterocycles. The first-order valence-electron chi connectivity index (χ1n) is 6.28. The van der Waals surface area contributed by atoms with Gasteiger partial charge >= 0.3 is 5.97 Å². The lowest BCUT2D eigenvalue weighted by atomic mass is 9.98. The molecule has 2 rings (SSSR count). The Labute approximate surface area is 108 Å². The number of carbonyl (C=O) groups is 1. The Hall–Kier alpha value is -1.77. The lowest BCUT2D eigenvalue weighted by Gasteiger charge is -2.19. The van der Waals surface area contributed by atoms with Crippen molar-refractivity contribution in [1.82, 2.24) is 0 Å². The molecule has 1 aliphatic rings. The molecule has 0 aromatic heterocycles. The Morgan fingerprint density at radius 2 is 2.22 bits per heavy atom. The number of hydrogen-bond acceptors (Lipinski definition) is 2. The molecular formula is C15H19NO2. The van der Waals surface area contributed by atoms with Crippen LogP contribution in [0.2, 0.25) is 0 Å². The lowest BCUT2D eigenvalue weighted by molar-refractivity contribution is -0.137. The highest BCUT2D eigenvalue weighted by Crippen LogP contribution is 2.37. The second kappa shape index (κ2) is 5.25. The van der Waals surface area contributed by atoms with Gasteiger partial charge in [-0.3, -0.25) is 4.79 Å². The van der Waals surface area contributed by atoms with E-state index in [0.717, 1.165) is 25.1 Å². The summed E-state index contributed by atoms with van der Waals surface area (Å²) in [4.78, 5) is 13.2. The minimum absolute atomic E-state index is 0.115. The monoisotopic (exact) mass is 245 g/mol. The normalized spacial score (nSPS) is 17.6. The third-order valence-electron chi connectivity index (χ3n) is 3.39. The van der Waals surface area contributed by atoms with Crippen molar-refractivity contribution in [2.45, 2.75) is 25.7 Å². The Kier molecular flexibility index (Phi) is 3.70. The van der Waals surface area contributed by atoms with E-state index in [4.69, 9.17) is 5.11 Å². The van der Waals surface area contributed by atoms with Crippen molar-refractivity contribution in [3.8, 4) is 0 Å². The molecule has 3 heteroatoms.